The molecule has 3 atom stereocenters. The van der Waals surface area contributed by atoms with E-state index >= 15 is 0 Å². The largest absolute Gasteiger partial charge is 0.357 e. The summed E-state index contributed by atoms with van der Waals surface area (Å²) >= 11 is 0. The molecule has 3 rings (SSSR count). The molecule has 0 amide bonds. The first-order chi connectivity index (χ1) is 13.5. The standard InChI is InChI=1S/C21H35N7.HI/c1-6-23-21(24-12-16(2)13-28-19(5)11-18(4)25-28)26-9-7-17(3)20(14-26)27-10-8-22-15-27;/h8,10-11,15-17,20H,6-7,9,12-14H2,1-5H3,(H,23,24);1H. The predicted molar refractivity (Wildman–Crippen MR) is 129 cm³/mol. The Hall–Kier alpha value is -1.58. The molecule has 1 fully saturated rings. The van der Waals surface area contributed by atoms with E-state index < -0.39 is 0 Å². The van der Waals surface area contributed by atoms with Crippen molar-refractivity contribution in [1.82, 2.24) is 29.5 Å². The van der Waals surface area contributed by atoms with E-state index in [0.717, 1.165) is 50.8 Å². The molecule has 1 aliphatic heterocycles. The number of nitrogens with one attached hydrogen (secondary N) is 1. The van der Waals surface area contributed by atoms with Crippen molar-refractivity contribution in [3.8, 4) is 0 Å². The van der Waals surface area contributed by atoms with Crippen molar-refractivity contribution in [2.24, 2.45) is 16.8 Å². The van der Waals surface area contributed by atoms with E-state index in [9.17, 15) is 0 Å². The van der Waals surface area contributed by atoms with Crippen LogP contribution in [0.25, 0.3) is 0 Å². The first kappa shape index (κ1) is 23.7. The van der Waals surface area contributed by atoms with Crippen LogP contribution in [0, 0.1) is 25.7 Å². The zero-order valence-electron chi connectivity index (χ0n) is 18.4. The molecule has 2 aromatic heterocycles. The van der Waals surface area contributed by atoms with E-state index in [2.05, 4.69) is 69.5 Å². The molecule has 8 heteroatoms. The minimum atomic E-state index is 0. The zero-order valence-corrected chi connectivity index (χ0v) is 20.7. The maximum atomic E-state index is 4.98. The third kappa shape index (κ3) is 6.20. The number of hydrogen-bond donors (Lipinski definition) is 1. The number of aliphatic imine (C=N–C) groups is 1. The predicted octanol–water partition coefficient (Wildman–Crippen LogP) is 3.50. The second-order valence-electron chi connectivity index (χ2n) is 8.20. The highest BCUT2D eigenvalue weighted by atomic mass is 127. The Morgan fingerprint density at radius 2 is 2.17 bits per heavy atom. The summed E-state index contributed by atoms with van der Waals surface area (Å²) in [6.07, 6.45) is 7.04. The number of hydrogen-bond acceptors (Lipinski definition) is 3. The molecule has 2 aromatic rings. The summed E-state index contributed by atoms with van der Waals surface area (Å²) in [4.78, 5) is 11.6. The van der Waals surface area contributed by atoms with Crippen LogP contribution in [0.4, 0.5) is 0 Å². The van der Waals surface area contributed by atoms with Gasteiger partial charge in [-0.1, -0.05) is 13.8 Å². The molecule has 0 spiro atoms. The van der Waals surface area contributed by atoms with E-state index in [1.54, 1.807) is 0 Å². The van der Waals surface area contributed by atoms with Gasteiger partial charge in [0.1, 0.15) is 0 Å². The summed E-state index contributed by atoms with van der Waals surface area (Å²) in [6.45, 7) is 15.5. The molecule has 0 saturated carbocycles. The van der Waals surface area contributed by atoms with Crippen molar-refractivity contribution in [1.29, 1.82) is 0 Å². The number of rotatable bonds is 6. The normalized spacial score (nSPS) is 21.0. The molecular weight excluding hydrogens is 477 g/mol. The molecule has 29 heavy (non-hydrogen) atoms. The lowest BCUT2D eigenvalue weighted by molar-refractivity contribution is 0.188. The highest BCUT2D eigenvalue weighted by Gasteiger charge is 2.28. The number of aryl methyl sites for hydroxylation is 2. The Bertz CT molecular complexity index is 768. The lowest BCUT2D eigenvalue weighted by Gasteiger charge is -2.39. The van der Waals surface area contributed by atoms with E-state index in [-0.39, 0.29) is 24.0 Å². The van der Waals surface area contributed by atoms with E-state index in [4.69, 9.17) is 4.99 Å². The van der Waals surface area contributed by atoms with Crippen LogP contribution < -0.4 is 5.32 Å². The molecule has 7 nitrogen and oxygen atoms in total. The molecule has 1 N–H and O–H groups in total. The zero-order chi connectivity index (χ0) is 20.1. The van der Waals surface area contributed by atoms with Gasteiger partial charge in [-0.3, -0.25) is 9.67 Å². The van der Waals surface area contributed by atoms with Gasteiger partial charge in [0.25, 0.3) is 0 Å². The fraction of sp³-hybridized carbons (Fsp3) is 0.667. The molecule has 1 aliphatic rings. The third-order valence-corrected chi connectivity index (χ3v) is 5.60. The second kappa shape index (κ2) is 11.0. The van der Waals surface area contributed by atoms with Gasteiger partial charge in [-0.2, -0.15) is 5.10 Å². The Morgan fingerprint density at radius 1 is 1.38 bits per heavy atom. The molecule has 3 unspecified atom stereocenters. The summed E-state index contributed by atoms with van der Waals surface area (Å²) in [6, 6.07) is 2.57. The van der Waals surface area contributed by atoms with E-state index in [1.165, 1.54) is 5.69 Å². The van der Waals surface area contributed by atoms with Gasteiger partial charge in [-0.05, 0) is 45.1 Å². The highest BCUT2D eigenvalue weighted by molar-refractivity contribution is 14.0. The lowest BCUT2D eigenvalue weighted by atomic mass is 9.93. The summed E-state index contributed by atoms with van der Waals surface area (Å²) in [5, 5.41) is 8.08. The van der Waals surface area contributed by atoms with Crippen LogP contribution in [-0.4, -0.2) is 56.4 Å². The minimum absolute atomic E-state index is 0. The van der Waals surface area contributed by atoms with Crippen LogP contribution in [0.15, 0.2) is 29.8 Å². The van der Waals surface area contributed by atoms with Crippen molar-refractivity contribution in [3.63, 3.8) is 0 Å². The maximum Gasteiger partial charge on any atom is 0.193 e. The Morgan fingerprint density at radius 3 is 2.79 bits per heavy atom. The van der Waals surface area contributed by atoms with Crippen LogP contribution in [0.2, 0.25) is 0 Å². The fourth-order valence-electron chi connectivity index (χ4n) is 3.98. The van der Waals surface area contributed by atoms with Crippen LogP contribution in [0.3, 0.4) is 0 Å². The average Bonchev–Trinajstić information content (AvgIpc) is 3.29. The van der Waals surface area contributed by atoms with Gasteiger partial charge in [0.05, 0.1) is 18.1 Å². The maximum absolute atomic E-state index is 4.98. The molecule has 0 aromatic carbocycles. The number of imidazole rings is 1. The minimum Gasteiger partial charge on any atom is -0.357 e. The Labute approximate surface area is 192 Å². The molecule has 0 aliphatic carbocycles. The van der Waals surface area contributed by atoms with Gasteiger partial charge < -0.3 is 14.8 Å². The van der Waals surface area contributed by atoms with Crippen LogP contribution >= 0.6 is 24.0 Å². The van der Waals surface area contributed by atoms with E-state index in [0.29, 0.717) is 17.9 Å². The number of halogens is 1. The van der Waals surface area contributed by atoms with Crippen LogP contribution in [0.1, 0.15) is 44.6 Å². The Kier molecular flexibility index (Phi) is 8.98. The number of likely N-dealkylation sites (tertiary alicyclic amines) is 1. The molecule has 1 saturated heterocycles. The molecule has 3 heterocycles. The van der Waals surface area contributed by atoms with Gasteiger partial charge in [0, 0.05) is 50.8 Å². The average molecular weight is 513 g/mol. The van der Waals surface area contributed by atoms with Gasteiger partial charge in [0.2, 0.25) is 0 Å². The lowest BCUT2D eigenvalue weighted by Crippen LogP contribution is -2.49. The summed E-state index contributed by atoms with van der Waals surface area (Å²) < 4.78 is 4.34. The molecule has 0 bridgehead atoms. The summed E-state index contributed by atoms with van der Waals surface area (Å²) in [7, 11) is 0. The van der Waals surface area contributed by atoms with Crippen molar-refractivity contribution in [3.05, 3.63) is 36.2 Å². The number of aromatic nitrogens is 4. The van der Waals surface area contributed by atoms with E-state index in [1.807, 2.05) is 19.4 Å². The first-order valence-electron chi connectivity index (χ1n) is 10.5. The smallest absolute Gasteiger partial charge is 0.193 e. The van der Waals surface area contributed by atoms with Crippen molar-refractivity contribution < 1.29 is 0 Å². The summed E-state index contributed by atoms with van der Waals surface area (Å²) in [5.41, 5.74) is 2.29. The van der Waals surface area contributed by atoms with Crippen molar-refractivity contribution in [2.45, 2.75) is 53.6 Å². The van der Waals surface area contributed by atoms with Crippen LogP contribution in [-0.2, 0) is 6.54 Å². The highest BCUT2D eigenvalue weighted by Crippen LogP contribution is 2.27. The van der Waals surface area contributed by atoms with Gasteiger partial charge >= 0.3 is 0 Å². The van der Waals surface area contributed by atoms with Gasteiger partial charge in [-0.25, -0.2) is 4.98 Å². The first-order valence-corrected chi connectivity index (χ1v) is 10.5. The number of nitrogens with zero attached hydrogens (tertiary/aromatic N) is 6. The number of piperidine rings is 1. The van der Waals surface area contributed by atoms with Gasteiger partial charge in [0.15, 0.2) is 5.96 Å². The summed E-state index contributed by atoms with van der Waals surface area (Å²) in [5.74, 6) is 2.10. The van der Waals surface area contributed by atoms with Crippen molar-refractivity contribution in [2.75, 3.05) is 26.2 Å². The quantitative estimate of drug-likeness (QED) is 0.365. The third-order valence-electron chi connectivity index (χ3n) is 5.60. The fourth-order valence-corrected chi connectivity index (χ4v) is 3.98. The molecular formula is C21H36IN7. The van der Waals surface area contributed by atoms with Crippen LogP contribution in [0.5, 0.6) is 0 Å². The molecule has 0 radical (unpaired) electrons. The molecule has 162 valence electrons. The number of guanidine groups is 1. The Balaban J connectivity index is 0.00000300. The monoisotopic (exact) mass is 513 g/mol. The van der Waals surface area contributed by atoms with Crippen molar-refractivity contribution >= 4 is 29.9 Å². The SMILES string of the molecule is CCNC(=NCC(C)Cn1nc(C)cc1C)N1CCC(C)C(n2ccnc2)C1.I. The topological polar surface area (TPSA) is 63.3 Å². The second-order valence-corrected chi connectivity index (χ2v) is 8.20. The van der Waals surface area contributed by atoms with Gasteiger partial charge in [-0.15, -0.1) is 24.0 Å².